The van der Waals surface area contributed by atoms with Crippen LogP contribution in [0.1, 0.15) is 40.1 Å². The molecule has 1 aliphatic rings. The second-order valence-corrected chi connectivity index (χ2v) is 7.80. The number of phenols is 1. The highest BCUT2D eigenvalue weighted by molar-refractivity contribution is 6.12. The summed E-state index contributed by atoms with van der Waals surface area (Å²) in [5.41, 5.74) is 1.77. The van der Waals surface area contributed by atoms with Crippen LogP contribution in [0.5, 0.6) is 5.75 Å². The van der Waals surface area contributed by atoms with Gasteiger partial charge < -0.3 is 10.4 Å². The van der Waals surface area contributed by atoms with E-state index in [0.717, 1.165) is 23.4 Å². The van der Waals surface area contributed by atoms with Gasteiger partial charge in [0.05, 0.1) is 16.7 Å². The predicted octanol–water partition coefficient (Wildman–Crippen LogP) is 4.55. The molecule has 2 N–H and O–H groups in total. The molecule has 156 valence electrons. The van der Waals surface area contributed by atoms with Crippen molar-refractivity contribution < 1.29 is 23.9 Å². The first-order valence-electron chi connectivity index (χ1n) is 9.57. The number of phenolic OH excluding ortho intramolecular Hbond substituents is 1. The molecule has 0 spiro atoms. The van der Waals surface area contributed by atoms with E-state index in [4.69, 9.17) is 0 Å². The van der Waals surface area contributed by atoms with Crippen molar-refractivity contribution in [1.82, 2.24) is 0 Å². The number of hydrogen-bond donors (Lipinski definition) is 2. The molecule has 4 rings (SSSR count). The van der Waals surface area contributed by atoms with Crippen LogP contribution < -0.4 is 10.2 Å². The molecule has 1 heterocycles. The van der Waals surface area contributed by atoms with Gasteiger partial charge in [-0.25, -0.2) is 4.39 Å². The van der Waals surface area contributed by atoms with Crippen molar-refractivity contribution in [3.8, 4) is 5.75 Å². The molecule has 2 amide bonds. The number of amides is 2. The number of aldehydes is 1. The lowest BCUT2D eigenvalue weighted by molar-refractivity contribution is -0.121. The van der Waals surface area contributed by atoms with Crippen LogP contribution in [0.25, 0.3) is 0 Å². The van der Waals surface area contributed by atoms with E-state index in [-0.39, 0.29) is 23.3 Å². The highest BCUT2D eigenvalue weighted by Gasteiger charge is 2.44. The molecule has 0 aromatic heterocycles. The third-order valence-corrected chi connectivity index (χ3v) is 5.42. The van der Waals surface area contributed by atoms with Crippen LogP contribution in [0.3, 0.4) is 0 Å². The molecule has 0 aliphatic carbocycles. The van der Waals surface area contributed by atoms with Gasteiger partial charge in [-0.1, -0.05) is 18.2 Å². The highest BCUT2D eigenvalue weighted by atomic mass is 19.1. The monoisotopic (exact) mass is 418 g/mol. The Bertz CT molecular complexity index is 1220. The zero-order valence-electron chi connectivity index (χ0n) is 16.8. The van der Waals surface area contributed by atoms with Gasteiger partial charge in [-0.2, -0.15) is 0 Å². The third-order valence-electron chi connectivity index (χ3n) is 5.42. The number of carbonyl (C=O) groups is 3. The number of para-hydroxylation sites is 1. The Labute approximate surface area is 177 Å². The third kappa shape index (κ3) is 3.34. The number of halogens is 1. The van der Waals surface area contributed by atoms with Gasteiger partial charge in [0.15, 0.2) is 17.9 Å². The smallest absolute Gasteiger partial charge is 0.255 e. The Morgan fingerprint density at radius 1 is 1.10 bits per heavy atom. The second-order valence-electron chi connectivity index (χ2n) is 7.80. The summed E-state index contributed by atoms with van der Waals surface area (Å²) in [6.45, 7) is 3.76. The fraction of sp³-hybridized carbons (Fsp3) is 0.125. The number of hydrogen-bond acceptors (Lipinski definition) is 4. The molecule has 0 saturated carbocycles. The number of benzene rings is 3. The zero-order valence-corrected chi connectivity index (χ0v) is 16.8. The van der Waals surface area contributed by atoms with Crippen LogP contribution in [-0.2, 0) is 10.2 Å². The quantitative estimate of drug-likeness (QED) is 0.609. The predicted molar refractivity (Wildman–Crippen MR) is 114 cm³/mol. The normalized spacial score (nSPS) is 14.3. The molecule has 31 heavy (non-hydrogen) atoms. The molecular weight excluding hydrogens is 399 g/mol. The Morgan fingerprint density at radius 2 is 1.77 bits per heavy atom. The van der Waals surface area contributed by atoms with Crippen LogP contribution >= 0.6 is 0 Å². The van der Waals surface area contributed by atoms with Crippen LogP contribution in [0, 0.1) is 5.82 Å². The molecular formula is C24H19FN2O4. The average Bonchev–Trinajstić information content (AvgIpc) is 2.96. The van der Waals surface area contributed by atoms with Crippen molar-refractivity contribution in [2.75, 3.05) is 10.2 Å². The summed E-state index contributed by atoms with van der Waals surface area (Å²) in [6.07, 6.45) is 0.274. The first-order chi connectivity index (χ1) is 14.7. The van der Waals surface area contributed by atoms with Crippen molar-refractivity contribution in [2.24, 2.45) is 0 Å². The van der Waals surface area contributed by atoms with Crippen molar-refractivity contribution in [2.45, 2.75) is 19.3 Å². The van der Waals surface area contributed by atoms with E-state index in [1.165, 1.54) is 0 Å². The van der Waals surface area contributed by atoms with Crippen LogP contribution in [0.15, 0.2) is 60.7 Å². The average molecular weight is 418 g/mol. The standard InChI is InChI=1S/C24H19FN2O4/c1-24(2)18-5-3-4-6-20(18)27(23(24)31)17-9-7-16(8-10-17)26-22(30)14-11-15(13-28)21(29)19(25)12-14/h3-13,29H,1-2H3,(H,26,30). The van der Waals surface area contributed by atoms with Gasteiger partial charge in [0.1, 0.15) is 0 Å². The number of aromatic hydroxyl groups is 1. The Morgan fingerprint density at radius 3 is 2.45 bits per heavy atom. The summed E-state index contributed by atoms with van der Waals surface area (Å²) >= 11 is 0. The first-order valence-corrected chi connectivity index (χ1v) is 9.57. The summed E-state index contributed by atoms with van der Waals surface area (Å²) < 4.78 is 13.7. The van der Waals surface area contributed by atoms with Crippen molar-refractivity contribution in [1.29, 1.82) is 0 Å². The van der Waals surface area contributed by atoms with Gasteiger partial charge in [-0.05, 0) is 61.9 Å². The van der Waals surface area contributed by atoms with E-state index in [0.29, 0.717) is 11.4 Å². The lowest BCUT2D eigenvalue weighted by atomic mass is 9.86. The lowest BCUT2D eigenvalue weighted by Gasteiger charge is -2.21. The number of nitrogens with zero attached hydrogens (tertiary/aromatic N) is 1. The minimum atomic E-state index is -1.06. The summed E-state index contributed by atoms with van der Waals surface area (Å²) in [5, 5.41) is 12.1. The van der Waals surface area contributed by atoms with E-state index in [1.54, 1.807) is 29.2 Å². The molecule has 1 aliphatic heterocycles. The minimum absolute atomic E-state index is 0.0496. The van der Waals surface area contributed by atoms with E-state index >= 15 is 0 Å². The summed E-state index contributed by atoms with van der Waals surface area (Å²) in [4.78, 5) is 38.1. The molecule has 0 atom stereocenters. The van der Waals surface area contributed by atoms with E-state index in [2.05, 4.69) is 5.32 Å². The van der Waals surface area contributed by atoms with Crippen LogP contribution in [0.4, 0.5) is 21.5 Å². The Kier molecular flexibility index (Phi) is 4.81. The summed E-state index contributed by atoms with van der Waals surface area (Å²) in [7, 11) is 0. The molecule has 0 unspecified atom stereocenters. The zero-order chi connectivity index (χ0) is 22.3. The number of rotatable bonds is 4. The van der Waals surface area contributed by atoms with Gasteiger partial charge in [0.2, 0.25) is 5.91 Å². The maximum Gasteiger partial charge on any atom is 0.255 e. The van der Waals surface area contributed by atoms with E-state index < -0.39 is 22.9 Å². The van der Waals surface area contributed by atoms with Gasteiger partial charge in [0.25, 0.3) is 5.91 Å². The summed E-state index contributed by atoms with van der Waals surface area (Å²) in [6, 6.07) is 16.2. The maximum absolute atomic E-state index is 13.7. The fourth-order valence-corrected chi connectivity index (χ4v) is 3.70. The largest absolute Gasteiger partial charge is 0.504 e. The fourth-order valence-electron chi connectivity index (χ4n) is 3.70. The van der Waals surface area contributed by atoms with Gasteiger partial charge >= 0.3 is 0 Å². The molecule has 6 nitrogen and oxygen atoms in total. The van der Waals surface area contributed by atoms with Crippen LogP contribution in [0.2, 0.25) is 0 Å². The molecule has 0 bridgehead atoms. The van der Waals surface area contributed by atoms with Crippen molar-refractivity contribution in [3.05, 3.63) is 83.2 Å². The lowest BCUT2D eigenvalue weighted by Crippen LogP contribution is -2.33. The molecule has 3 aromatic carbocycles. The minimum Gasteiger partial charge on any atom is -0.504 e. The Balaban J connectivity index is 1.59. The van der Waals surface area contributed by atoms with Gasteiger partial charge in [-0.3, -0.25) is 19.3 Å². The Hall–Kier alpha value is -4.00. The number of carbonyl (C=O) groups excluding carboxylic acids is 3. The molecule has 0 saturated heterocycles. The van der Waals surface area contributed by atoms with Gasteiger partial charge in [-0.15, -0.1) is 0 Å². The number of fused-ring (bicyclic) bond motifs is 1. The van der Waals surface area contributed by atoms with Crippen LogP contribution in [-0.4, -0.2) is 23.2 Å². The first kappa shape index (κ1) is 20.3. The van der Waals surface area contributed by atoms with Gasteiger partial charge in [0, 0.05) is 16.9 Å². The molecule has 3 aromatic rings. The second kappa shape index (κ2) is 7.36. The number of anilines is 3. The van der Waals surface area contributed by atoms with E-state index in [9.17, 15) is 23.9 Å². The highest BCUT2D eigenvalue weighted by Crippen LogP contribution is 2.45. The maximum atomic E-state index is 13.7. The van der Waals surface area contributed by atoms with Crippen molar-refractivity contribution in [3.63, 3.8) is 0 Å². The molecule has 0 fully saturated rings. The number of nitrogens with one attached hydrogen (secondary N) is 1. The molecule has 7 heteroatoms. The van der Waals surface area contributed by atoms with E-state index in [1.807, 2.05) is 38.1 Å². The summed E-state index contributed by atoms with van der Waals surface area (Å²) in [5.74, 6) is -2.54. The SMILES string of the molecule is CC1(C)C(=O)N(c2ccc(NC(=O)c3cc(F)c(O)c(C=O)c3)cc2)c2ccccc21. The van der Waals surface area contributed by atoms with Crippen molar-refractivity contribution >= 4 is 35.2 Å². The topological polar surface area (TPSA) is 86.7 Å². The molecule has 0 radical (unpaired) electrons.